The van der Waals surface area contributed by atoms with E-state index in [0.717, 1.165) is 42.1 Å². The Bertz CT molecular complexity index is 689. The van der Waals surface area contributed by atoms with Crippen molar-refractivity contribution >= 4 is 16.7 Å². The molecular weight excluding hydrogens is 264 g/mol. The quantitative estimate of drug-likeness (QED) is 0.913. The summed E-state index contributed by atoms with van der Waals surface area (Å²) in [4.78, 5) is 15.7. The number of fused-ring (bicyclic) bond motifs is 2. The lowest BCUT2D eigenvalue weighted by atomic mass is 9.82. The summed E-state index contributed by atoms with van der Waals surface area (Å²) in [5.74, 6) is 2.37. The van der Waals surface area contributed by atoms with Gasteiger partial charge in [0.25, 0.3) is 0 Å². The number of hydrogen-bond acceptors (Lipinski definition) is 5. The number of rotatable bonds is 2. The van der Waals surface area contributed by atoms with E-state index in [1.165, 1.54) is 12.8 Å². The standard InChI is InChI=1S/C16H20N4O/c1-11-18-14-7-17-6-4-13(14)15(19-11)20-8-12-3-2-5-16(12,9-20)10-21/h4,6-7,12,21H,2-3,5,8-10H2,1H3. The van der Waals surface area contributed by atoms with Crippen LogP contribution in [0.1, 0.15) is 25.1 Å². The zero-order valence-electron chi connectivity index (χ0n) is 12.3. The third kappa shape index (κ3) is 1.91. The summed E-state index contributed by atoms with van der Waals surface area (Å²) < 4.78 is 0. The highest BCUT2D eigenvalue weighted by Crippen LogP contribution is 2.49. The lowest BCUT2D eigenvalue weighted by molar-refractivity contribution is 0.121. The molecule has 1 saturated carbocycles. The van der Waals surface area contributed by atoms with Crippen molar-refractivity contribution < 1.29 is 5.11 Å². The van der Waals surface area contributed by atoms with Gasteiger partial charge in [0, 0.05) is 30.1 Å². The SMILES string of the molecule is Cc1nc(N2CC3CCCC3(CO)C2)c2ccncc2n1. The summed E-state index contributed by atoms with van der Waals surface area (Å²) >= 11 is 0. The molecule has 1 aliphatic carbocycles. The average Bonchev–Trinajstić information content (AvgIpc) is 3.03. The van der Waals surface area contributed by atoms with Crippen LogP contribution in [0.25, 0.3) is 10.9 Å². The van der Waals surface area contributed by atoms with Crippen LogP contribution < -0.4 is 4.90 Å². The van der Waals surface area contributed by atoms with Gasteiger partial charge in [-0.3, -0.25) is 4.98 Å². The fourth-order valence-electron chi connectivity index (χ4n) is 4.15. The van der Waals surface area contributed by atoms with Gasteiger partial charge in [0.05, 0.1) is 18.3 Å². The first-order chi connectivity index (χ1) is 10.2. The first kappa shape index (κ1) is 13.0. The van der Waals surface area contributed by atoms with Crippen LogP contribution in [0.2, 0.25) is 0 Å². The van der Waals surface area contributed by atoms with Crippen LogP contribution in [0.5, 0.6) is 0 Å². The van der Waals surface area contributed by atoms with E-state index >= 15 is 0 Å². The number of aryl methyl sites for hydroxylation is 1. The first-order valence-corrected chi connectivity index (χ1v) is 7.66. The second-order valence-electron chi connectivity index (χ2n) is 6.48. The van der Waals surface area contributed by atoms with E-state index in [9.17, 15) is 5.11 Å². The summed E-state index contributed by atoms with van der Waals surface area (Å²) in [7, 11) is 0. The molecule has 2 aromatic rings. The zero-order chi connectivity index (χ0) is 14.4. The Morgan fingerprint density at radius 2 is 2.33 bits per heavy atom. The maximum absolute atomic E-state index is 9.89. The van der Waals surface area contributed by atoms with E-state index in [-0.39, 0.29) is 12.0 Å². The molecule has 0 amide bonds. The van der Waals surface area contributed by atoms with Gasteiger partial charge in [-0.15, -0.1) is 0 Å². The predicted octanol–water partition coefficient (Wildman–Crippen LogP) is 1.93. The maximum atomic E-state index is 9.89. The number of pyridine rings is 1. The average molecular weight is 284 g/mol. The number of aliphatic hydroxyl groups is 1. The number of aromatic nitrogens is 3. The smallest absolute Gasteiger partial charge is 0.140 e. The Kier molecular flexibility index (Phi) is 2.85. The van der Waals surface area contributed by atoms with Crippen molar-refractivity contribution in [3.05, 3.63) is 24.3 Å². The molecule has 1 saturated heterocycles. The number of nitrogens with zero attached hydrogens (tertiary/aromatic N) is 4. The molecule has 2 aliphatic rings. The molecule has 5 nitrogen and oxygen atoms in total. The molecule has 3 heterocycles. The minimum absolute atomic E-state index is 0.0816. The van der Waals surface area contributed by atoms with E-state index in [1.807, 2.05) is 13.0 Å². The van der Waals surface area contributed by atoms with Gasteiger partial charge in [0.2, 0.25) is 0 Å². The molecule has 4 rings (SSSR count). The van der Waals surface area contributed by atoms with Crippen molar-refractivity contribution in [1.29, 1.82) is 0 Å². The zero-order valence-corrected chi connectivity index (χ0v) is 12.3. The molecule has 0 spiro atoms. The highest BCUT2D eigenvalue weighted by atomic mass is 16.3. The highest BCUT2D eigenvalue weighted by Gasteiger charge is 2.49. The molecule has 0 radical (unpaired) electrons. The highest BCUT2D eigenvalue weighted by molar-refractivity contribution is 5.89. The molecule has 21 heavy (non-hydrogen) atoms. The summed E-state index contributed by atoms with van der Waals surface area (Å²) in [5, 5.41) is 10.9. The van der Waals surface area contributed by atoms with Crippen LogP contribution in [0, 0.1) is 18.3 Å². The van der Waals surface area contributed by atoms with Crippen LogP contribution in [0.4, 0.5) is 5.82 Å². The van der Waals surface area contributed by atoms with Crippen molar-refractivity contribution in [2.24, 2.45) is 11.3 Å². The molecule has 2 fully saturated rings. The van der Waals surface area contributed by atoms with Crippen molar-refractivity contribution in [2.75, 3.05) is 24.6 Å². The molecule has 0 aromatic carbocycles. The second kappa shape index (κ2) is 4.63. The van der Waals surface area contributed by atoms with Crippen LogP contribution in [-0.2, 0) is 0 Å². The molecule has 1 aliphatic heterocycles. The third-order valence-corrected chi connectivity index (χ3v) is 5.25. The monoisotopic (exact) mass is 284 g/mol. The van der Waals surface area contributed by atoms with Gasteiger partial charge in [-0.05, 0) is 31.7 Å². The normalized spacial score (nSPS) is 28.3. The third-order valence-electron chi connectivity index (χ3n) is 5.25. The molecule has 110 valence electrons. The van der Waals surface area contributed by atoms with Crippen LogP contribution in [-0.4, -0.2) is 39.8 Å². The van der Waals surface area contributed by atoms with Gasteiger partial charge in [-0.1, -0.05) is 6.42 Å². The van der Waals surface area contributed by atoms with Gasteiger partial charge < -0.3 is 10.0 Å². The number of aliphatic hydroxyl groups excluding tert-OH is 1. The fraction of sp³-hybridized carbons (Fsp3) is 0.562. The molecule has 2 aromatic heterocycles. The minimum atomic E-state index is 0.0816. The lowest BCUT2D eigenvalue weighted by Gasteiger charge is -2.26. The fourth-order valence-corrected chi connectivity index (χ4v) is 4.15. The Morgan fingerprint density at radius 3 is 3.14 bits per heavy atom. The van der Waals surface area contributed by atoms with E-state index in [4.69, 9.17) is 0 Å². The van der Waals surface area contributed by atoms with E-state index in [2.05, 4.69) is 19.9 Å². The Hall–Kier alpha value is -1.75. The van der Waals surface area contributed by atoms with Crippen molar-refractivity contribution in [2.45, 2.75) is 26.2 Å². The number of anilines is 1. The summed E-state index contributed by atoms with van der Waals surface area (Å²) in [6.07, 6.45) is 7.19. The van der Waals surface area contributed by atoms with Crippen LogP contribution in [0.15, 0.2) is 18.5 Å². The molecular formula is C16H20N4O. The summed E-state index contributed by atoms with van der Waals surface area (Å²) in [6, 6.07) is 1.99. The van der Waals surface area contributed by atoms with Crippen LogP contribution >= 0.6 is 0 Å². The molecule has 5 heteroatoms. The van der Waals surface area contributed by atoms with Gasteiger partial charge in [-0.2, -0.15) is 0 Å². The lowest BCUT2D eigenvalue weighted by Crippen LogP contribution is -2.31. The molecule has 0 bridgehead atoms. The van der Waals surface area contributed by atoms with Gasteiger partial charge >= 0.3 is 0 Å². The van der Waals surface area contributed by atoms with E-state index in [1.54, 1.807) is 12.4 Å². The Balaban J connectivity index is 1.78. The maximum Gasteiger partial charge on any atom is 0.140 e. The van der Waals surface area contributed by atoms with Gasteiger partial charge in [0.15, 0.2) is 0 Å². The van der Waals surface area contributed by atoms with Crippen LogP contribution in [0.3, 0.4) is 0 Å². The first-order valence-electron chi connectivity index (χ1n) is 7.66. The molecule has 2 unspecified atom stereocenters. The summed E-state index contributed by atoms with van der Waals surface area (Å²) in [6.45, 7) is 4.11. The topological polar surface area (TPSA) is 62.1 Å². The second-order valence-corrected chi connectivity index (χ2v) is 6.48. The van der Waals surface area contributed by atoms with Crippen molar-refractivity contribution in [3.63, 3.8) is 0 Å². The molecule has 2 atom stereocenters. The Labute approximate surface area is 124 Å². The number of hydrogen-bond donors (Lipinski definition) is 1. The predicted molar refractivity (Wildman–Crippen MR) is 81.1 cm³/mol. The van der Waals surface area contributed by atoms with Gasteiger partial charge in [0.1, 0.15) is 11.6 Å². The minimum Gasteiger partial charge on any atom is -0.396 e. The van der Waals surface area contributed by atoms with E-state index in [0.29, 0.717) is 5.92 Å². The Morgan fingerprint density at radius 1 is 1.43 bits per heavy atom. The van der Waals surface area contributed by atoms with E-state index < -0.39 is 0 Å². The summed E-state index contributed by atoms with van der Waals surface area (Å²) in [5.41, 5.74) is 0.980. The molecule has 1 N–H and O–H groups in total. The van der Waals surface area contributed by atoms with Crippen molar-refractivity contribution in [1.82, 2.24) is 15.0 Å². The van der Waals surface area contributed by atoms with Crippen molar-refractivity contribution in [3.8, 4) is 0 Å². The van der Waals surface area contributed by atoms with Gasteiger partial charge in [-0.25, -0.2) is 9.97 Å². The largest absolute Gasteiger partial charge is 0.396 e.